The Morgan fingerprint density at radius 1 is 0.951 bits per heavy atom. The van der Waals surface area contributed by atoms with Gasteiger partial charge in [0.15, 0.2) is 0 Å². The van der Waals surface area contributed by atoms with Crippen LogP contribution in [0.4, 0.5) is 0 Å². The van der Waals surface area contributed by atoms with Gasteiger partial charge in [0.25, 0.3) is 0 Å². The van der Waals surface area contributed by atoms with Crippen molar-refractivity contribution in [3.63, 3.8) is 0 Å². The molecule has 2 saturated heterocycles. The number of carbonyl (C=O) groups is 2. The fourth-order valence-electron chi connectivity index (χ4n) is 9.47. The molecule has 5 rings (SSSR count). The maximum absolute atomic E-state index is 13.9. The smallest absolute Gasteiger partial charge is 0.225 e. The Bertz CT molecular complexity index is 849. The number of ether oxygens (including phenoxy) is 1. The molecule has 5 fully saturated rings. The Balaban J connectivity index is 1.22. The van der Waals surface area contributed by atoms with E-state index < -0.39 is 0 Å². The summed E-state index contributed by atoms with van der Waals surface area (Å²) < 4.78 is 5.56. The number of nitrogens with one attached hydrogen (secondary N) is 2. The van der Waals surface area contributed by atoms with Gasteiger partial charge in [-0.1, -0.05) is 33.1 Å². The Kier molecular flexibility index (Phi) is 11.1. The number of hydrogen-bond acceptors (Lipinski definition) is 5. The Hall–Kier alpha value is -1.18. The molecule has 234 valence electrons. The quantitative estimate of drug-likeness (QED) is 0.441. The molecule has 0 bridgehead atoms. The first-order valence-corrected chi connectivity index (χ1v) is 17.4. The van der Waals surface area contributed by atoms with E-state index in [1.165, 1.54) is 70.8 Å². The van der Waals surface area contributed by atoms with Crippen LogP contribution < -0.4 is 10.6 Å². The van der Waals surface area contributed by atoms with Crippen molar-refractivity contribution < 1.29 is 14.3 Å². The van der Waals surface area contributed by atoms with Crippen molar-refractivity contribution in [1.29, 1.82) is 0 Å². The fourth-order valence-corrected chi connectivity index (χ4v) is 9.47. The summed E-state index contributed by atoms with van der Waals surface area (Å²) in [5.74, 6) is 3.05. The van der Waals surface area contributed by atoms with Crippen LogP contribution in [0.3, 0.4) is 0 Å². The molecule has 0 aromatic heterocycles. The molecule has 7 nitrogen and oxygen atoms in total. The minimum Gasteiger partial charge on any atom is -0.379 e. The number of hydrogen-bond donors (Lipinski definition) is 2. The van der Waals surface area contributed by atoms with Gasteiger partial charge in [-0.2, -0.15) is 0 Å². The summed E-state index contributed by atoms with van der Waals surface area (Å²) in [6.45, 7) is 12.3. The molecule has 7 heteroatoms. The number of piperidine rings is 1. The van der Waals surface area contributed by atoms with E-state index in [1.54, 1.807) is 0 Å². The largest absolute Gasteiger partial charge is 0.379 e. The summed E-state index contributed by atoms with van der Waals surface area (Å²) in [6, 6.07) is 1.36. The lowest BCUT2D eigenvalue weighted by molar-refractivity contribution is -0.133. The highest BCUT2D eigenvalue weighted by atomic mass is 16.5. The zero-order chi connectivity index (χ0) is 28.9. The van der Waals surface area contributed by atoms with Crippen LogP contribution in [0.15, 0.2) is 0 Å². The van der Waals surface area contributed by atoms with Crippen molar-refractivity contribution in [3.05, 3.63) is 0 Å². The Morgan fingerprint density at radius 2 is 1.66 bits per heavy atom. The van der Waals surface area contributed by atoms with Crippen molar-refractivity contribution in [2.75, 3.05) is 46.4 Å². The van der Waals surface area contributed by atoms with Gasteiger partial charge in [0.1, 0.15) is 0 Å². The van der Waals surface area contributed by atoms with Crippen LogP contribution in [0.5, 0.6) is 0 Å². The molecule has 2 heterocycles. The zero-order valence-corrected chi connectivity index (χ0v) is 26.6. The third kappa shape index (κ3) is 7.86. The summed E-state index contributed by atoms with van der Waals surface area (Å²) in [5.41, 5.74) is 0. The highest BCUT2D eigenvalue weighted by Gasteiger charge is 2.45. The van der Waals surface area contributed by atoms with Gasteiger partial charge in [0, 0.05) is 50.2 Å². The summed E-state index contributed by atoms with van der Waals surface area (Å²) in [7, 11) is 2.36. The van der Waals surface area contributed by atoms with Gasteiger partial charge < -0.3 is 20.3 Å². The third-order valence-electron chi connectivity index (χ3n) is 12.2. The molecule has 7 atom stereocenters. The normalized spacial score (nSPS) is 39.8. The van der Waals surface area contributed by atoms with E-state index in [0.717, 1.165) is 51.0 Å². The Morgan fingerprint density at radius 3 is 2.34 bits per heavy atom. The van der Waals surface area contributed by atoms with Crippen molar-refractivity contribution in [2.24, 2.45) is 41.4 Å². The molecule has 2 N–H and O–H groups in total. The molecule has 7 unspecified atom stereocenters. The van der Waals surface area contributed by atoms with Crippen LogP contribution in [0.1, 0.15) is 97.8 Å². The molecule has 5 aliphatic rings. The molecule has 0 spiro atoms. The third-order valence-corrected chi connectivity index (χ3v) is 12.2. The number of rotatable bonds is 8. The SMILES string of the molecule is CC1CC(C)C(CNC(=O)C2CC(C3CCC(CN4CCOCC4)CC3)CC(N(C)C3CCCCC3)C2C)C(=O)N1. The van der Waals surface area contributed by atoms with E-state index in [1.807, 2.05) is 0 Å². The molecule has 3 aliphatic carbocycles. The molecule has 0 aromatic carbocycles. The summed E-state index contributed by atoms with van der Waals surface area (Å²) in [4.78, 5) is 31.9. The van der Waals surface area contributed by atoms with E-state index in [9.17, 15) is 9.59 Å². The predicted molar refractivity (Wildman–Crippen MR) is 164 cm³/mol. The van der Waals surface area contributed by atoms with Gasteiger partial charge in [-0.15, -0.1) is 0 Å². The van der Waals surface area contributed by atoms with Crippen LogP contribution in [0.25, 0.3) is 0 Å². The molecular formula is C34H60N4O3. The lowest BCUT2D eigenvalue weighted by Crippen LogP contribution is -2.55. The second kappa shape index (κ2) is 14.5. The van der Waals surface area contributed by atoms with Gasteiger partial charge in [0.05, 0.1) is 19.1 Å². The average molecular weight is 573 g/mol. The van der Waals surface area contributed by atoms with Crippen LogP contribution >= 0.6 is 0 Å². The first-order chi connectivity index (χ1) is 19.8. The van der Waals surface area contributed by atoms with Crippen LogP contribution in [0, 0.1) is 41.4 Å². The lowest BCUT2D eigenvalue weighted by atomic mass is 9.63. The monoisotopic (exact) mass is 572 g/mol. The molecule has 41 heavy (non-hydrogen) atoms. The van der Waals surface area contributed by atoms with E-state index in [2.05, 4.69) is 48.3 Å². The maximum atomic E-state index is 13.9. The van der Waals surface area contributed by atoms with Gasteiger partial charge in [-0.3, -0.25) is 14.5 Å². The topological polar surface area (TPSA) is 73.9 Å². The van der Waals surface area contributed by atoms with Crippen LogP contribution in [-0.2, 0) is 14.3 Å². The van der Waals surface area contributed by atoms with Crippen molar-refractivity contribution in [2.45, 2.75) is 116 Å². The molecule has 3 saturated carbocycles. The van der Waals surface area contributed by atoms with Crippen LogP contribution in [0.2, 0.25) is 0 Å². The van der Waals surface area contributed by atoms with E-state index in [0.29, 0.717) is 36.4 Å². The van der Waals surface area contributed by atoms with Crippen molar-refractivity contribution >= 4 is 11.8 Å². The molecular weight excluding hydrogens is 512 g/mol. The standard InChI is InChI=1S/C34H60N4O3/c1-23-18-24(2)36-34(40)31(23)21-35-33(39)30-19-28(20-32(25(30)3)37(4)29-8-6-5-7-9-29)27-12-10-26(11-13-27)22-38-14-16-41-17-15-38/h23-32H,5-22H2,1-4H3,(H,35,39)(H,36,40). The fraction of sp³-hybridized carbons (Fsp3) is 0.941. The van der Waals surface area contributed by atoms with Gasteiger partial charge in [0.2, 0.25) is 11.8 Å². The van der Waals surface area contributed by atoms with E-state index in [4.69, 9.17) is 4.74 Å². The number of carbonyl (C=O) groups excluding carboxylic acids is 2. The minimum absolute atomic E-state index is 0.0387. The van der Waals surface area contributed by atoms with Gasteiger partial charge in [-0.05, 0) is 101 Å². The van der Waals surface area contributed by atoms with E-state index >= 15 is 0 Å². The molecule has 2 amide bonds. The zero-order valence-electron chi connectivity index (χ0n) is 26.6. The van der Waals surface area contributed by atoms with Gasteiger partial charge >= 0.3 is 0 Å². The van der Waals surface area contributed by atoms with E-state index in [-0.39, 0.29) is 29.7 Å². The van der Waals surface area contributed by atoms with Gasteiger partial charge in [-0.25, -0.2) is 0 Å². The van der Waals surface area contributed by atoms with Crippen molar-refractivity contribution in [1.82, 2.24) is 20.4 Å². The first-order valence-electron chi connectivity index (χ1n) is 17.4. The highest BCUT2D eigenvalue weighted by Crippen LogP contribution is 2.46. The minimum atomic E-state index is -0.118. The molecule has 0 aromatic rings. The summed E-state index contributed by atoms with van der Waals surface area (Å²) >= 11 is 0. The number of amides is 2. The summed E-state index contributed by atoms with van der Waals surface area (Å²) in [6.07, 6.45) is 15.2. The molecule has 0 radical (unpaired) electrons. The Labute approximate surface area is 250 Å². The number of morpholine rings is 1. The maximum Gasteiger partial charge on any atom is 0.225 e. The number of nitrogens with zero attached hydrogens (tertiary/aromatic N) is 2. The highest BCUT2D eigenvalue weighted by molar-refractivity contribution is 5.83. The second-order valence-electron chi connectivity index (χ2n) is 14.9. The van der Waals surface area contributed by atoms with Crippen molar-refractivity contribution in [3.8, 4) is 0 Å². The lowest BCUT2D eigenvalue weighted by Gasteiger charge is -2.49. The molecule has 2 aliphatic heterocycles. The summed E-state index contributed by atoms with van der Waals surface area (Å²) in [5, 5.41) is 6.41. The predicted octanol–water partition coefficient (Wildman–Crippen LogP) is 4.70. The second-order valence-corrected chi connectivity index (χ2v) is 14.9. The first kappa shape index (κ1) is 31.3. The average Bonchev–Trinajstić information content (AvgIpc) is 2.97. The van der Waals surface area contributed by atoms with Crippen LogP contribution in [-0.4, -0.2) is 86.2 Å².